The van der Waals surface area contributed by atoms with Gasteiger partial charge in [-0.25, -0.2) is 4.39 Å². The molecule has 0 radical (unpaired) electrons. The lowest BCUT2D eigenvalue weighted by Gasteiger charge is -2.31. The molecule has 1 atom stereocenters. The Balaban J connectivity index is 2.14. The Kier molecular flexibility index (Phi) is 3.06. The van der Waals surface area contributed by atoms with Crippen LogP contribution in [0.4, 0.5) is 4.39 Å². The van der Waals surface area contributed by atoms with Crippen molar-refractivity contribution in [3.05, 3.63) is 51.5 Å². The van der Waals surface area contributed by atoms with E-state index in [1.54, 1.807) is 29.8 Å². The number of nitriles is 1. The normalized spacial score (nSPS) is 20.6. The molecule has 1 aromatic carbocycles. The summed E-state index contributed by atoms with van der Waals surface area (Å²) in [6.07, 6.45) is 0. The summed E-state index contributed by atoms with van der Waals surface area (Å²) in [5.41, 5.74) is 6.37. The zero-order valence-electron chi connectivity index (χ0n) is 11.1. The average Bonchev–Trinajstić information content (AvgIpc) is 2.84. The minimum atomic E-state index is -0.871. The van der Waals surface area contributed by atoms with Gasteiger partial charge in [0.15, 0.2) is 5.69 Å². The van der Waals surface area contributed by atoms with E-state index in [0.717, 1.165) is 4.47 Å². The predicted octanol–water partition coefficient (Wildman–Crippen LogP) is 2.29. The van der Waals surface area contributed by atoms with Crippen molar-refractivity contribution in [1.82, 2.24) is 9.78 Å². The van der Waals surface area contributed by atoms with Gasteiger partial charge in [0.05, 0.1) is 6.54 Å². The maximum Gasteiger partial charge on any atom is 0.163 e. The molecule has 2 N–H and O–H groups in total. The molecule has 3 rings (SSSR count). The fourth-order valence-corrected chi connectivity index (χ4v) is 2.86. The number of hydrogen-bond acceptors (Lipinski definition) is 4. The summed E-state index contributed by atoms with van der Waals surface area (Å²) in [6.45, 7) is 2.11. The lowest BCUT2D eigenvalue weighted by atomic mass is 9.91. The SMILES string of the molecule is CC1(c2cc(Br)ccc2F)Cn2nc(C#N)cc2C(N)=N1. The van der Waals surface area contributed by atoms with E-state index in [1.807, 2.05) is 6.07 Å². The van der Waals surface area contributed by atoms with Gasteiger partial charge < -0.3 is 5.73 Å². The summed E-state index contributed by atoms with van der Waals surface area (Å²) in [6, 6.07) is 8.25. The molecule has 1 aromatic heterocycles. The molecular weight excluding hydrogens is 337 g/mol. The minimum Gasteiger partial charge on any atom is -0.382 e. The first-order valence-electron chi connectivity index (χ1n) is 6.22. The van der Waals surface area contributed by atoms with Crippen molar-refractivity contribution >= 4 is 21.8 Å². The topological polar surface area (TPSA) is 80.0 Å². The number of amidine groups is 1. The summed E-state index contributed by atoms with van der Waals surface area (Å²) < 4.78 is 16.5. The number of nitrogens with two attached hydrogens (primary N) is 1. The standard InChI is InChI=1S/C14H11BrFN5/c1-14(10-4-8(15)2-3-11(10)16)7-21-12(13(18)19-14)5-9(6-17)20-21/h2-5H,7H2,1H3,(H2,18,19). The molecule has 0 saturated heterocycles. The highest BCUT2D eigenvalue weighted by molar-refractivity contribution is 9.10. The highest BCUT2D eigenvalue weighted by atomic mass is 79.9. The third-order valence-corrected chi connectivity index (χ3v) is 3.98. The van der Waals surface area contributed by atoms with Gasteiger partial charge >= 0.3 is 0 Å². The van der Waals surface area contributed by atoms with Crippen LogP contribution in [0, 0.1) is 17.1 Å². The van der Waals surface area contributed by atoms with E-state index >= 15 is 0 Å². The van der Waals surface area contributed by atoms with Gasteiger partial charge in [-0.15, -0.1) is 0 Å². The zero-order valence-corrected chi connectivity index (χ0v) is 12.7. The van der Waals surface area contributed by atoms with Gasteiger partial charge in [0, 0.05) is 16.1 Å². The monoisotopic (exact) mass is 347 g/mol. The molecule has 0 fully saturated rings. The van der Waals surface area contributed by atoms with Crippen molar-refractivity contribution in [2.75, 3.05) is 0 Å². The maximum absolute atomic E-state index is 14.2. The fraction of sp³-hybridized carbons (Fsp3) is 0.214. The van der Waals surface area contributed by atoms with Crippen LogP contribution in [0.1, 0.15) is 23.9 Å². The second kappa shape index (κ2) is 4.67. The zero-order chi connectivity index (χ0) is 15.2. The first-order chi connectivity index (χ1) is 9.93. The van der Waals surface area contributed by atoms with Gasteiger partial charge in [-0.05, 0) is 25.1 Å². The molecule has 1 unspecified atom stereocenters. The Morgan fingerprint density at radius 2 is 2.24 bits per heavy atom. The van der Waals surface area contributed by atoms with E-state index in [9.17, 15) is 4.39 Å². The van der Waals surface area contributed by atoms with Crippen molar-refractivity contribution in [3.8, 4) is 6.07 Å². The first-order valence-corrected chi connectivity index (χ1v) is 7.01. The second-order valence-corrected chi connectivity index (χ2v) is 6.00. The molecule has 106 valence electrons. The van der Waals surface area contributed by atoms with Gasteiger partial charge in [-0.1, -0.05) is 15.9 Å². The summed E-state index contributed by atoms with van der Waals surface area (Å²) in [4.78, 5) is 4.44. The molecular formula is C14H11BrFN5. The van der Waals surface area contributed by atoms with Gasteiger partial charge in [0.1, 0.15) is 29.0 Å². The number of hydrogen-bond donors (Lipinski definition) is 1. The largest absolute Gasteiger partial charge is 0.382 e. The van der Waals surface area contributed by atoms with Gasteiger partial charge in [0.25, 0.3) is 0 Å². The number of aliphatic imine (C=N–C) groups is 1. The highest BCUT2D eigenvalue weighted by Crippen LogP contribution is 2.34. The molecule has 2 heterocycles. The third-order valence-electron chi connectivity index (χ3n) is 3.49. The van der Waals surface area contributed by atoms with Crippen LogP contribution in [0.2, 0.25) is 0 Å². The van der Waals surface area contributed by atoms with Gasteiger partial charge in [0.2, 0.25) is 0 Å². The van der Waals surface area contributed by atoms with E-state index in [0.29, 0.717) is 17.8 Å². The number of fused-ring (bicyclic) bond motifs is 1. The quantitative estimate of drug-likeness (QED) is 0.859. The van der Waals surface area contributed by atoms with Crippen LogP contribution in [0.5, 0.6) is 0 Å². The fourth-order valence-electron chi connectivity index (χ4n) is 2.50. The number of benzene rings is 1. The molecule has 7 heteroatoms. The van der Waals surface area contributed by atoms with Gasteiger partial charge in [-0.2, -0.15) is 10.4 Å². The van der Waals surface area contributed by atoms with Crippen molar-refractivity contribution in [1.29, 1.82) is 5.26 Å². The lowest BCUT2D eigenvalue weighted by Crippen LogP contribution is -2.37. The van der Waals surface area contributed by atoms with Crippen LogP contribution in [0.15, 0.2) is 33.7 Å². The second-order valence-electron chi connectivity index (χ2n) is 5.08. The number of nitrogens with zero attached hydrogens (tertiary/aromatic N) is 4. The van der Waals surface area contributed by atoms with E-state index in [2.05, 4.69) is 26.0 Å². The smallest absolute Gasteiger partial charge is 0.163 e. The predicted molar refractivity (Wildman–Crippen MR) is 79.1 cm³/mol. The Morgan fingerprint density at radius 3 is 2.95 bits per heavy atom. The van der Waals surface area contributed by atoms with Crippen molar-refractivity contribution in [3.63, 3.8) is 0 Å². The number of rotatable bonds is 1. The summed E-state index contributed by atoms with van der Waals surface area (Å²) in [5, 5.41) is 13.1. The molecule has 0 amide bonds. The van der Waals surface area contributed by atoms with E-state index in [4.69, 9.17) is 11.0 Å². The van der Waals surface area contributed by atoms with Crippen molar-refractivity contribution < 1.29 is 4.39 Å². The molecule has 0 saturated carbocycles. The highest BCUT2D eigenvalue weighted by Gasteiger charge is 2.35. The third kappa shape index (κ3) is 2.21. The molecule has 0 bridgehead atoms. The number of aromatic nitrogens is 2. The minimum absolute atomic E-state index is 0.247. The molecule has 1 aliphatic heterocycles. The molecule has 0 aliphatic carbocycles. The Labute approximate surface area is 129 Å². The Morgan fingerprint density at radius 1 is 1.48 bits per heavy atom. The van der Waals surface area contributed by atoms with E-state index in [-0.39, 0.29) is 17.3 Å². The van der Waals surface area contributed by atoms with E-state index < -0.39 is 5.54 Å². The molecule has 2 aromatic rings. The van der Waals surface area contributed by atoms with Crippen LogP contribution >= 0.6 is 15.9 Å². The summed E-state index contributed by atoms with van der Waals surface area (Å²) >= 11 is 3.34. The van der Waals surface area contributed by atoms with E-state index in [1.165, 1.54) is 6.07 Å². The average molecular weight is 348 g/mol. The molecule has 21 heavy (non-hydrogen) atoms. The maximum atomic E-state index is 14.2. The van der Waals surface area contributed by atoms with Gasteiger partial charge in [-0.3, -0.25) is 9.67 Å². The number of halogens is 2. The first kappa shape index (κ1) is 13.8. The molecule has 0 spiro atoms. The Bertz CT molecular complexity index is 804. The van der Waals surface area contributed by atoms with Crippen molar-refractivity contribution in [2.45, 2.75) is 19.0 Å². The van der Waals surface area contributed by atoms with Crippen LogP contribution in [0.25, 0.3) is 0 Å². The van der Waals surface area contributed by atoms with Crippen LogP contribution in [-0.4, -0.2) is 15.6 Å². The molecule has 5 nitrogen and oxygen atoms in total. The molecule has 1 aliphatic rings. The van der Waals surface area contributed by atoms with Crippen LogP contribution < -0.4 is 5.73 Å². The summed E-state index contributed by atoms with van der Waals surface area (Å²) in [5.74, 6) is -0.106. The van der Waals surface area contributed by atoms with Crippen molar-refractivity contribution in [2.24, 2.45) is 10.7 Å². The van der Waals surface area contributed by atoms with Crippen LogP contribution in [0.3, 0.4) is 0 Å². The summed E-state index contributed by atoms with van der Waals surface area (Å²) in [7, 11) is 0. The lowest BCUT2D eigenvalue weighted by molar-refractivity contribution is 0.363. The van der Waals surface area contributed by atoms with Crippen LogP contribution in [-0.2, 0) is 12.1 Å². The Hall–Kier alpha value is -2.20.